The summed E-state index contributed by atoms with van der Waals surface area (Å²) in [5, 5.41) is 7.96. The van der Waals surface area contributed by atoms with Crippen LogP contribution in [0.15, 0.2) is 34.7 Å². The fraction of sp³-hybridized carbons (Fsp3) is 0.385. The molecule has 90 valence electrons. The minimum absolute atomic E-state index is 0.681. The smallest absolute Gasteiger partial charge is 0.230 e. The van der Waals surface area contributed by atoms with Gasteiger partial charge in [-0.25, -0.2) is 0 Å². The molecule has 0 amide bonds. The first kappa shape index (κ1) is 11.8. The molecule has 17 heavy (non-hydrogen) atoms. The summed E-state index contributed by atoms with van der Waals surface area (Å²) in [6.07, 6.45) is 0.787. The lowest BCUT2D eigenvalue weighted by molar-refractivity contribution is 0.277. The van der Waals surface area contributed by atoms with Gasteiger partial charge in [0.2, 0.25) is 11.8 Å². The van der Waals surface area contributed by atoms with E-state index in [-0.39, 0.29) is 0 Å². The second kappa shape index (κ2) is 5.59. The van der Waals surface area contributed by atoms with Crippen LogP contribution in [0.1, 0.15) is 24.3 Å². The van der Waals surface area contributed by atoms with Crippen molar-refractivity contribution >= 4 is 0 Å². The highest BCUT2D eigenvalue weighted by Gasteiger charge is 2.07. The van der Waals surface area contributed by atoms with Crippen molar-refractivity contribution in [3.8, 4) is 0 Å². The lowest BCUT2D eigenvalue weighted by atomic mass is 10.2. The highest BCUT2D eigenvalue weighted by Crippen LogP contribution is 2.07. The third kappa shape index (κ3) is 3.39. The van der Waals surface area contributed by atoms with E-state index in [0.717, 1.165) is 13.0 Å². The van der Waals surface area contributed by atoms with Crippen LogP contribution in [0.25, 0.3) is 0 Å². The highest BCUT2D eigenvalue weighted by atomic mass is 16.4. The second-order valence-corrected chi connectivity index (χ2v) is 4.10. The van der Waals surface area contributed by atoms with Crippen molar-refractivity contribution in [1.82, 2.24) is 15.1 Å². The number of hydrogen-bond acceptors (Lipinski definition) is 4. The SMILES string of the molecule is CCc1nnc(CN(C)Cc2ccccc2)o1. The van der Waals surface area contributed by atoms with Crippen molar-refractivity contribution in [1.29, 1.82) is 0 Å². The van der Waals surface area contributed by atoms with Crippen LogP contribution in [-0.2, 0) is 19.5 Å². The van der Waals surface area contributed by atoms with Crippen LogP contribution in [0.4, 0.5) is 0 Å². The van der Waals surface area contributed by atoms with Gasteiger partial charge in [-0.15, -0.1) is 10.2 Å². The van der Waals surface area contributed by atoms with Gasteiger partial charge in [-0.05, 0) is 12.6 Å². The van der Waals surface area contributed by atoms with Crippen LogP contribution in [0, 0.1) is 0 Å². The molecule has 1 heterocycles. The zero-order chi connectivity index (χ0) is 12.1. The standard InChI is InChI=1S/C13H17N3O/c1-3-12-14-15-13(17-12)10-16(2)9-11-7-5-4-6-8-11/h4-8H,3,9-10H2,1-2H3. The Morgan fingerprint density at radius 3 is 2.41 bits per heavy atom. The molecule has 0 spiro atoms. The summed E-state index contributed by atoms with van der Waals surface area (Å²) in [7, 11) is 2.04. The summed E-state index contributed by atoms with van der Waals surface area (Å²) < 4.78 is 5.48. The molecule has 0 bridgehead atoms. The molecule has 4 nitrogen and oxygen atoms in total. The summed E-state index contributed by atoms with van der Waals surface area (Å²) >= 11 is 0. The maximum absolute atomic E-state index is 5.48. The Balaban J connectivity index is 1.91. The largest absolute Gasteiger partial charge is 0.424 e. The lowest BCUT2D eigenvalue weighted by Crippen LogP contribution is -2.17. The van der Waals surface area contributed by atoms with Crippen molar-refractivity contribution in [3.05, 3.63) is 47.7 Å². The number of aromatic nitrogens is 2. The summed E-state index contributed by atoms with van der Waals surface area (Å²) in [5.74, 6) is 1.38. The number of aryl methyl sites for hydroxylation is 1. The van der Waals surface area contributed by atoms with E-state index in [1.807, 2.05) is 32.2 Å². The average molecular weight is 231 g/mol. The first-order chi connectivity index (χ1) is 8.28. The molecule has 0 fully saturated rings. The molecule has 0 aliphatic heterocycles. The quantitative estimate of drug-likeness (QED) is 0.791. The number of hydrogen-bond donors (Lipinski definition) is 0. The summed E-state index contributed by atoms with van der Waals surface area (Å²) in [6, 6.07) is 10.3. The van der Waals surface area contributed by atoms with Crippen LogP contribution in [0.3, 0.4) is 0 Å². The molecule has 0 N–H and O–H groups in total. The molecule has 0 aliphatic carbocycles. The summed E-state index contributed by atoms with van der Waals surface area (Å²) in [4.78, 5) is 2.16. The molecule has 2 rings (SSSR count). The first-order valence-corrected chi connectivity index (χ1v) is 5.81. The van der Waals surface area contributed by atoms with Crippen LogP contribution >= 0.6 is 0 Å². The third-order valence-electron chi connectivity index (χ3n) is 2.51. The van der Waals surface area contributed by atoms with Gasteiger partial charge in [0.05, 0.1) is 6.54 Å². The van der Waals surface area contributed by atoms with Gasteiger partial charge in [0.15, 0.2) is 0 Å². The molecule has 0 aliphatic rings. The first-order valence-electron chi connectivity index (χ1n) is 5.81. The van der Waals surface area contributed by atoms with Crippen molar-refractivity contribution in [2.45, 2.75) is 26.4 Å². The maximum atomic E-state index is 5.48. The second-order valence-electron chi connectivity index (χ2n) is 4.10. The van der Waals surface area contributed by atoms with Crippen LogP contribution in [-0.4, -0.2) is 22.1 Å². The van der Waals surface area contributed by atoms with Gasteiger partial charge >= 0.3 is 0 Å². The molecular formula is C13H17N3O. The van der Waals surface area contributed by atoms with Crippen molar-refractivity contribution in [2.75, 3.05) is 7.05 Å². The van der Waals surface area contributed by atoms with E-state index in [0.29, 0.717) is 18.3 Å². The minimum atomic E-state index is 0.681. The van der Waals surface area contributed by atoms with Gasteiger partial charge in [0.25, 0.3) is 0 Å². The van der Waals surface area contributed by atoms with Gasteiger partial charge in [0, 0.05) is 13.0 Å². The summed E-state index contributed by atoms with van der Waals surface area (Å²) in [5.41, 5.74) is 1.28. The Bertz CT molecular complexity index is 453. The van der Waals surface area contributed by atoms with E-state index in [4.69, 9.17) is 4.42 Å². The Kier molecular flexibility index (Phi) is 3.88. The molecule has 1 aromatic heterocycles. The third-order valence-corrected chi connectivity index (χ3v) is 2.51. The minimum Gasteiger partial charge on any atom is -0.424 e. The number of benzene rings is 1. The molecule has 1 aromatic carbocycles. The average Bonchev–Trinajstić information content (AvgIpc) is 2.78. The van der Waals surface area contributed by atoms with Gasteiger partial charge in [0.1, 0.15) is 0 Å². The van der Waals surface area contributed by atoms with Crippen LogP contribution in [0.2, 0.25) is 0 Å². The fourth-order valence-electron chi connectivity index (χ4n) is 1.68. The van der Waals surface area contributed by atoms with Crippen molar-refractivity contribution in [3.63, 3.8) is 0 Å². The van der Waals surface area contributed by atoms with E-state index >= 15 is 0 Å². The topological polar surface area (TPSA) is 42.2 Å². The maximum Gasteiger partial charge on any atom is 0.230 e. The highest BCUT2D eigenvalue weighted by molar-refractivity contribution is 5.14. The molecule has 0 radical (unpaired) electrons. The molecule has 0 unspecified atom stereocenters. The van der Waals surface area contributed by atoms with Gasteiger partial charge in [-0.1, -0.05) is 37.3 Å². The van der Waals surface area contributed by atoms with E-state index in [2.05, 4.69) is 27.2 Å². The van der Waals surface area contributed by atoms with Crippen molar-refractivity contribution in [2.24, 2.45) is 0 Å². The van der Waals surface area contributed by atoms with Crippen molar-refractivity contribution < 1.29 is 4.42 Å². The Morgan fingerprint density at radius 1 is 1.06 bits per heavy atom. The Hall–Kier alpha value is -1.68. The van der Waals surface area contributed by atoms with Gasteiger partial charge in [-0.2, -0.15) is 0 Å². The molecule has 4 heteroatoms. The Labute approximate surface area is 101 Å². The normalized spacial score (nSPS) is 11.0. The Morgan fingerprint density at radius 2 is 1.76 bits per heavy atom. The van der Waals surface area contributed by atoms with E-state index in [1.165, 1.54) is 5.56 Å². The molecule has 0 atom stereocenters. The fourth-order valence-corrected chi connectivity index (χ4v) is 1.68. The molecule has 0 saturated carbocycles. The van der Waals surface area contributed by atoms with Crippen LogP contribution < -0.4 is 0 Å². The zero-order valence-corrected chi connectivity index (χ0v) is 10.3. The summed E-state index contributed by atoms with van der Waals surface area (Å²) in [6.45, 7) is 3.57. The van der Waals surface area contributed by atoms with E-state index in [9.17, 15) is 0 Å². The number of rotatable bonds is 5. The molecule has 0 saturated heterocycles. The van der Waals surface area contributed by atoms with E-state index in [1.54, 1.807) is 0 Å². The monoisotopic (exact) mass is 231 g/mol. The number of nitrogens with zero attached hydrogens (tertiary/aromatic N) is 3. The van der Waals surface area contributed by atoms with Gasteiger partial charge < -0.3 is 4.42 Å². The predicted octanol–water partition coefficient (Wildman–Crippen LogP) is 2.26. The van der Waals surface area contributed by atoms with E-state index < -0.39 is 0 Å². The lowest BCUT2D eigenvalue weighted by Gasteiger charge is -2.13. The zero-order valence-electron chi connectivity index (χ0n) is 10.3. The van der Waals surface area contributed by atoms with Gasteiger partial charge in [-0.3, -0.25) is 4.90 Å². The molecular weight excluding hydrogens is 214 g/mol. The predicted molar refractivity (Wildman–Crippen MR) is 65.3 cm³/mol. The molecule has 2 aromatic rings. The van der Waals surface area contributed by atoms with Crippen LogP contribution in [0.5, 0.6) is 0 Å².